The van der Waals surface area contributed by atoms with Crippen molar-refractivity contribution in [2.24, 2.45) is 0 Å². The Balaban J connectivity index is 1.46. The summed E-state index contributed by atoms with van der Waals surface area (Å²) in [5, 5.41) is 2.67. The van der Waals surface area contributed by atoms with E-state index in [-0.39, 0.29) is 17.4 Å². The van der Waals surface area contributed by atoms with Gasteiger partial charge in [0.2, 0.25) is 12.7 Å². The molecule has 1 N–H and O–H groups in total. The van der Waals surface area contributed by atoms with Gasteiger partial charge in [0.25, 0.3) is 0 Å². The first-order valence-corrected chi connectivity index (χ1v) is 8.16. The predicted octanol–water partition coefficient (Wildman–Crippen LogP) is 0.894. The van der Waals surface area contributed by atoms with Gasteiger partial charge in [0.15, 0.2) is 11.5 Å². The van der Waals surface area contributed by atoms with Crippen molar-refractivity contribution < 1.29 is 19.0 Å². The Morgan fingerprint density at radius 3 is 2.96 bits per heavy atom. The van der Waals surface area contributed by atoms with Crippen molar-refractivity contribution in [2.75, 3.05) is 40.1 Å². The molecule has 1 unspecified atom stereocenters. The molecule has 0 bridgehead atoms. The lowest BCUT2D eigenvalue weighted by Crippen LogP contribution is -2.50. The van der Waals surface area contributed by atoms with Crippen molar-refractivity contribution in [2.45, 2.75) is 24.4 Å². The third-order valence-corrected chi connectivity index (χ3v) is 5.05. The zero-order valence-corrected chi connectivity index (χ0v) is 13.3. The van der Waals surface area contributed by atoms with E-state index in [9.17, 15) is 4.79 Å². The number of nitrogens with zero attached hydrogens (tertiary/aromatic N) is 1. The third kappa shape index (κ3) is 2.77. The maximum absolute atomic E-state index is 11.8. The molecule has 1 aromatic carbocycles. The molecule has 1 atom stereocenters. The molecule has 6 heteroatoms. The van der Waals surface area contributed by atoms with Gasteiger partial charge in [0, 0.05) is 32.1 Å². The molecule has 0 aromatic heterocycles. The first-order chi connectivity index (χ1) is 11.2. The molecule has 1 saturated carbocycles. The number of benzene rings is 1. The van der Waals surface area contributed by atoms with Crippen molar-refractivity contribution in [3.8, 4) is 11.5 Å². The molecular formula is C17H22N2O4. The third-order valence-electron chi connectivity index (χ3n) is 5.05. The van der Waals surface area contributed by atoms with Crippen LogP contribution in [0, 0.1) is 0 Å². The molecule has 23 heavy (non-hydrogen) atoms. The predicted molar refractivity (Wildman–Crippen MR) is 83.7 cm³/mol. The fraction of sp³-hybridized carbons (Fsp3) is 0.588. The lowest BCUT2D eigenvalue weighted by Gasteiger charge is -2.34. The lowest BCUT2D eigenvalue weighted by atomic mass is 9.94. The number of ether oxygens (including phenoxy) is 3. The fourth-order valence-electron chi connectivity index (χ4n) is 3.51. The summed E-state index contributed by atoms with van der Waals surface area (Å²) >= 11 is 0. The summed E-state index contributed by atoms with van der Waals surface area (Å²) in [6.45, 7) is 3.41. The standard InChI is InChI=1S/C17H22N2O4/c1-18-16(20)15-9-19(6-7-21-15)10-17(4-5-17)12-2-3-13-14(8-12)23-11-22-13/h2-3,8,15H,4-7,9-11H2,1H3,(H,18,20). The second-order valence-electron chi connectivity index (χ2n) is 6.56. The van der Waals surface area contributed by atoms with Crippen molar-refractivity contribution in [3.63, 3.8) is 0 Å². The Morgan fingerprint density at radius 2 is 2.17 bits per heavy atom. The number of hydrogen-bond donors (Lipinski definition) is 1. The summed E-state index contributed by atoms with van der Waals surface area (Å²) in [7, 11) is 1.65. The van der Waals surface area contributed by atoms with E-state index in [1.165, 1.54) is 18.4 Å². The molecule has 1 aliphatic carbocycles. The zero-order valence-electron chi connectivity index (χ0n) is 13.3. The van der Waals surface area contributed by atoms with Crippen LogP contribution in [-0.2, 0) is 14.9 Å². The van der Waals surface area contributed by atoms with Gasteiger partial charge in [-0.3, -0.25) is 9.69 Å². The quantitative estimate of drug-likeness (QED) is 0.893. The first kappa shape index (κ1) is 14.8. The molecule has 2 heterocycles. The number of hydrogen-bond acceptors (Lipinski definition) is 5. The molecule has 124 valence electrons. The van der Waals surface area contributed by atoms with Gasteiger partial charge in [-0.2, -0.15) is 0 Å². The molecular weight excluding hydrogens is 296 g/mol. The number of carbonyl (C=O) groups excluding carboxylic acids is 1. The van der Waals surface area contributed by atoms with Crippen LogP contribution in [-0.4, -0.2) is 57.0 Å². The van der Waals surface area contributed by atoms with Gasteiger partial charge in [0.1, 0.15) is 6.10 Å². The summed E-state index contributed by atoms with van der Waals surface area (Å²) in [4.78, 5) is 14.1. The van der Waals surface area contributed by atoms with Crippen molar-refractivity contribution in [3.05, 3.63) is 23.8 Å². The molecule has 1 saturated heterocycles. The lowest BCUT2D eigenvalue weighted by molar-refractivity contribution is -0.138. The maximum atomic E-state index is 11.8. The molecule has 1 aromatic rings. The van der Waals surface area contributed by atoms with E-state index >= 15 is 0 Å². The molecule has 3 aliphatic rings. The Morgan fingerprint density at radius 1 is 1.35 bits per heavy atom. The first-order valence-electron chi connectivity index (χ1n) is 8.16. The van der Waals surface area contributed by atoms with Crippen LogP contribution in [0.3, 0.4) is 0 Å². The summed E-state index contributed by atoms with van der Waals surface area (Å²) < 4.78 is 16.5. The molecule has 2 fully saturated rings. The van der Waals surface area contributed by atoms with E-state index in [4.69, 9.17) is 14.2 Å². The molecule has 2 aliphatic heterocycles. The van der Waals surface area contributed by atoms with E-state index in [2.05, 4.69) is 22.3 Å². The molecule has 0 radical (unpaired) electrons. The van der Waals surface area contributed by atoms with Gasteiger partial charge in [-0.15, -0.1) is 0 Å². The zero-order chi connectivity index (χ0) is 15.9. The smallest absolute Gasteiger partial charge is 0.250 e. The Hall–Kier alpha value is -1.79. The number of amides is 1. The Bertz CT molecular complexity index is 615. The Kier molecular flexibility index (Phi) is 3.66. The number of nitrogens with one attached hydrogen (secondary N) is 1. The van der Waals surface area contributed by atoms with Crippen molar-refractivity contribution in [1.29, 1.82) is 0 Å². The van der Waals surface area contributed by atoms with Crippen molar-refractivity contribution in [1.82, 2.24) is 10.2 Å². The number of morpholine rings is 1. The van der Waals surface area contributed by atoms with E-state index < -0.39 is 0 Å². The minimum atomic E-state index is -0.360. The average molecular weight is 318 g/mol. The largest absolute Gasteiger partial charge is 0.454 e. The van der Waals surface area contributed by atoms with Gasteiger partial charge < -0.3 is 19.5 Å². The highest BCUT2D eigenvalue weighted by atomic mass is 16.7. The number of likely N-dealkylation sites (N-methyl/N-ethyl adjacent to an activating group) is 1. The second kappa shape index (κ2) is 5.69. The van der Waals surface area contributed by atoms with Gasteiger partial charge in [-0.25, -0.2) is 0 Å². The highest BCUT2D eigenvalue weighted by Gasteiger charge is 2.46. The summed E-state index contributed by atoms with van der Waals surface area (Å²) in [5.74, 6) is 1.64. The second-order valence-corrected chi connectivity index (χ2v) is 6.56. The number of carbonyl (C=O) groups is 1. The van der Waals surface area contributed by atoms with Gasteiger partial charge >= 0.3 is 0 Å². The molecule has 0 spiro atoms. The molecule has 1 amide bonds. The van der Waals surface area contributed by atoms with E-state index in [0.29, 0.717) is 19.9 Å². The van der Waals surface area contributed by atoms with Crippen LogP contribution in [0.2, 0.25) is 0 Å². The molecule has 4 rings (SSSR count). The van der Waals surface area contributed by atoms with E-state index in [1.807, 2.05) is 6.07 Å². The van der Waals surface area contributed by atoms with Crippen LogP contribution in [0.1, 0.15) is 18.4 Å². The highest BCUT2D eigenvalue weighted by Crippen LogP contribution is 2.51. The van der Waals surface area contributed by atoms with Gasteiger partial charge in [-0.1, -0.05) is 6.07 Å². The minimum Gasteiger partial charge on any atom is -0.454 e. The number of fused-ring (bicyclic) bond motifs is 1. The maximum Gasteiger partial charge on any atom is 0.250 e. The van der Waals surface area contributed by atoms with Gasteiger partial charge in [-0.05, 0) is 30.5 Å². The van der Waals surface area contributed by atoms with E-state index in [0.717, 1.165) is 24.6 Å². The molecule has 6 nitrogen and oxygen atoms in total. The summed E-state index contributed by atoms with van der Waals surface area (Å²) in [6.07, 6.45) is 1.99. The van der Waals surface area contributed by atoms with Crippen LogP contribution < -0.4 is 14.8 Å². The van der Waals surface area contributed by atoms with Crippen LogP contribution in [0.5, 0.6) is 11.5 Å². The van der Waals surface area contributed by atoms with Crippen LogP contribution in [0.4, 0.5) is 0 Å². The fourth-order valence-corrected chi connectivity index (χ4v) is 3.51. The van der Waals surface area contributed by atoms with Crippen LogP contribution in [0.25, 0.3) is 0 Å². The summed E-state index contributed by atoms with van der Waals surface area (Å²) in [5.41, 5.74) is 1.50. The van der Waals surface area contributed by atoms with Gasteiger partial charge in [0.05, 0.1) is 6.61 Å². The Labute approximate surface area is 135 Å². The van der Waals surface area contributed by atoms with Crippen LogP contribution in [0.15, 0.2) is 18.2 Å². The average Bonchev–Trinajstić information content (AvgIpc) is 3.21. The summed E-state index contributed by atoms with van der Waals surface area (Å²) in [6, 6.07) is 6.27. The topological polar surface area (TPSA) is 60.0 Å². The van der Waals surface area contributed by atoms with Crippen LogP contribution >= 0.6 is 0 Å². The van der Waals surface area contributed by atoms with Crippen molar-refractivity contribution >= 4 is 5.91 Å². The highest BCUT2D eigenvalue weighted by molar-refractivity contribution is 5.80. The number of rotatable bonds is 4. The monoisotopic (exact) mass is 318 g/mol. The normalized spacial score (nSPS) is 25.2. The SMILES string of the molecule is CNC(=O)C1CN(CC2(c3ccc4c(c3)OCO4)CC2)CCO1. The minimum absolute atomic E-state index is 0.0392. The van der Waals surface area contributed by atoms with E-state index in [1.54, 1.807) is 7.05 Å².